The van der Waals surface area contributed by atoms with Crippen LogP contribution in [0.2, 0.25) is 5.02 Å². The van der Waals surface area contributed by atoms with Crippen LogP contribution in [-0.2, 0) is 13.5 Å². The normalized spacial score (nSPS) is 12.1. The number of rotatable bonds is 5. The van der Waals surface area contributed by atoms with E-state index < -0.39 is 5.41 Å². The van der Waals surface area contributed by atoms with Crippen molar-refractivity contribution in [3.8, 4) is 0 Å². The number of aryl methyl sites for hydroxylation is 2. The number of aromatic nitrogens is 2. The maximum absolute atomic E-state index is 9.39. The van der Waals surface area contributed by atoms with Crippen LogP contribution in [0.4, 0.5) is 0 Å². The molecule has 0 radical (unpaired) electrons. The van der Waals surface area contributed by atoms with Gasteiger partial charge < -0.3 is 10.2 Å². The topological polar surface area (TPSA) is 58.3 Å². The third-order valence-electron chi connectivity index (χ3n) is 3.22. The van der Waals surface area contributed by atoms with E-state index in [0.717, 1.165) is 11.4 Å². The minimum atomic E-state index is -0.510. The summed E-state index contributed by atoms with van der Waals surface area (Å²) in [5, 5.41) is 23.6. The summed E-state index contributed by atoms with van der Waals surface area (Å²) in [6, 6.07) is 0. The van der Waals surface area contributed by atoms with Crippen molar-refractivity contribution >= 4 is 11.6 Å². The zero-order valence-electron chi connectivity index (χ0n) is 10.00. The van der Waals surface area contributed by atoms with E-state index in [1.54, 1.807) is 4.68 Å². The average Bonchev–Trinajstić information content (AvgIpc) is 2.52. The summed E-state index contributed by atoms with van der Waals surface area (Å²) in [5.41, 5.74) is 1.13. The Bertz CT molecular complexity index is 351. The first kappa shape index (κ1) is 13.5. The second-order valence-corrected chi connectivity index (χ2v) is 4.69. The van der Waals surface area contributed by atoms with Gasteiger partial charge in [0.2, 0.25) is 0 Å². The van der Waals surface area contributed by atoms with Gasteiger partial charge in [0.15, 0.2) is 0 Å². The molecule has 0 atom stereocenters. The Kier molecular flexibility index (Phi) is 4.35. The van der Waals surface area contributed by atoms with Crippen molar-refractivity contribution < 1.29 is 10.2 Å². The molecule has 1 heterocycles. The third kappa shape index (κ3) is 2.39. The van der Waals surface area contributed by atoms with Gasteiger partial charge in [0.25, 0.3) is 0 Å². The zero-order chi connectivity index (χ0) is 12.3. The monoisotopic (exact) mass is 246 g/mol. The van der Waals surface area contributed by atoms with Crippen LogP contribution in [0.5, 0.6) is 0 Å². The van der Waals surface area contributed by atoms with E-state index in [1.807, 2.05) is 20.9 Å². The number of hydrogen-bond donors (Lipinski definition) is 2. The van der Waals surface area contributed by atoms with E-state index in [9.17, 15) is 10.2 Å². The van der Waals surface area contributed by atoms with Crippen molar-refractivity contribution in [2.45, 2.75) is 26.7 Å². The molecule has 2 N–H and O–H groups in total. The molecule has 1 rings (SSSR count). The summed E-state index contributed by atoms with van der Waals surface area (Å²) in [6.45, 7) is 3.68. The van der Waals surface area contributed by atoms with Gasteiger partial charge in [-0.15, -0.1) is 0 Å². The lowest BCUT2D eigenvalue weighted by molar-refractivity contribution is 0.0499. The molecule has 16 heavy (non-hydrogen) atoms. The molecule has 0 amide bonds. The van der Waals surface area contributed by atoms with E-state index in [0.29, 0.717) is 17.9 Å². The number of aliphatic hydroxyl groups is 2. The highest BCUT2D eigenvalue weighted by atomic mass is 35.5. The minimum absolute atomic E-state index is 0.0550. The molecular weight excluding hydrogens is 228 g/mol. The quantitative estimate of drug-likeness (QED) is 0.824. The molecule has 0 aromatic carbocycles. The first-order valence-electron chi connectivity index (χ1n) is 5.39. The van der Waals surface area contributed by atoms with Crippen LogP contribution < -0.4 is 0 Å². The van der Waals surface area contributed by atoms with Gasteiger partial charge in [0, 0.05) is 18.9 Å². The average molecular weight is 247 g/mol. The Morgan fingerprint density at radius 2 is 1.94 bits per heavy atom. The highest BCUT2D eigenvalue weighted by molar-refractivity contribution is 6.31. The molecule has 0 saturated heterocycles. The fourth-order valence-corrected chi connectivity index (χ4v) is 1.96. The summed E-state index contributed by atoms with van der Waals surface area (Å²) in [5.74, 6) is 0. The van der Waals surface area contributed by atoms with Crippen molar-refractivity contribution in [1.29, 1.82) is 0 Å². The van der Waals surface area contributed by atoms with Crippen molar-refractivity contribution in [3.05, 3.63) is 16.4 Å². The number of aliphatic hydroxyl groups excluding tert-OH is 2. The van der Waals surface area contributed by atoms with Crippen molar-refractivity contribution in [1.82, 2.24) is 9.78 Å². The molecule has 0 spiro atoms. The molecule has 0 unspecified atom stereocenters. The summed E-state index contributed by atoms with van der Waals surface area (Å²) in [7, 11) is 1.82. The van der Waals surface area contributed by atoms with Crippen molar-refractivity contribution in [2.24, 2.45) is 12.5 Å². The Morgan fingerprint density at radius 1 is 1.38 bits per heavy atom. The third-order valence-corrected chi connectivity index (χ3v) is 3.72. The first-order chi connectivity index (χ1) is 7.49. The van der Waals surface area contributed by atoms with Crippen LogP contribution in [0.25, 0.3) is 0 Å². The van der Waals surface area contributed by atoms with Gasteiger partial charge in [-0.05, 0) is 13.3 Å². The van der Waals surface area contributed by atoms with Crippen LogP contribution in [0.3, 0.4) is 0 Å². The van der Waals surface area contributed by atoms with Gasteiger partial charge in [0.1, 0.15) is 0 Å². The first-order valence-corrected chi connectivity index (χ1v) is 5.77. The van der Waals surface area contributed by atoms with Gasteiger partial charge in [0.05, 0.1) is 29.6 Å². The molecular formula is C11H19ClN2O2. The summed E-state index contributed by atoms with van der Waals surface area (Å²) < 4.78 is 1.72. The maximum Gasteiger partial charge on any atom is 0.0847 e. The molecule has 0 saturated carbocycles. The predicted octanol–water partition coefficient (Wildman–Crippen LogP) is 1.31. The van der Waals surface area contributed by atoms with Crippen LogP contribution >= 0.6 is 11.6 Å². The molecule has 4 nitrogen and oxygen atoms in total. The molecule has 1 aromatic rings. The maximum atomic E-state index is 9.39. The van der Waals surface area contributed by atoms with Crippen LogP contribution in [0, 0.1) is 12.3 Å². The van der Waals surface area contributed by atoms with Crippen LogP contribution in [-0.4, -0.2) is 33.2 Å². The Hall–Kier alpha value is -0.580. The Balaban J connectivity index is 3.02. The van der Waals surface area contributed by atoms with E-state index in [-0.39, 0.29) is 13.2 Å². The van der Waals surface area contributed by atoms with E-state index >= 15 is 0 Å². The van der Waals surface area contributed by atoms with Gasteiger partial charge >= 0.3 is 0 Å². The standard InChI is InChI=1S/C11H19ClN2O2/c1-4-11(6-15,7-16)5-9-10(12)8(2)13-14(9)3/h15-16H,4-7H2,1-3H3. The molecule has 5 heteroatoms. The van der Waals surface area contributed by atoms with E-state index in [1.165, 1.54) is 0 Å². The van der Waals surface area contributed by atoms with Crippen LogP contribution in [0.15, 0.2) is 0 Å². The number of hydrogen-bond acceptors (Lipinski definition) is 3. The highest BCUT2D eigenvalue weighted by Crippen LogP contribution is 2.30. The lowest BCUT2D eigenvalue weighted by Gasteiger charge is -2.28. The molecule has 0 aliphatic carbocycles. The minimum Gasteiger partial charge on any atom is -0.396 e. The fourth-order valence-electron chi connectivity index (χ4n) is 1.74. The van der Waals surface area contributed by atoms with Gasteiger partial charge in [-0.3, -0.25) is 4.68 Å². The SMILES string of the molecule is CCC(CO)(CO)Cc1c(Cl)c(C)nn1C. The van der Waals surface area contributed by atoms with Crippen molar-refractivity contribution in [3.63, 3.8) is 0 Å². The Morgan fingerprint density at radius 3 is 2.25 bits per heavy atom. The largest absolute Gasteiger partial charge is 0.396 e. The lowest BCUT2D eigenvalue weighted by Crippen LogP contribution is -2.32. The van der Waals surface area contributed by atoms with E-state index in [2.05, 4.69) is 5.10 Å². The van der Waals surface area contributed by atoms with Gasteiger partial charge in [-0.25, -0.2) is 0 Å². The molecule has 1 aromatic heterocycles. The van der Waals surface area contributed by atoms with Crippen molar-refractivity contribution in [2.75, 3.05) is 13.2 Å². The predicted molar refractivity (Wildman–Crippen MR) is 63.6 cm³/mol. The molecule has 0 fully saturated rings. The van der Waals surface area contributed by atoms with Gasteiger partial charge in [-0.1, -0.05) is 18.5 Å². The van der Waals surface area contributed by atoms with Crippen LogP contribution in [0.1, 0.15) is 24.7 Å². The number of nitrogens with zero attached hydrogens (tertiary/aromatic N) is 2. The zero-order valence-corrected chi connectivity index (χ0v) is 10.8. The Labute approximate surface area is 101 Å². The highest BCUT2D eigenvalue weighted by Gasteiger charge is 2.29. The molecule has 92 valence electrons. The summed E-state index contributed by atoms with van der Waals surface area (Å²) >= 11 is 6.14. The van der Waals surface area contributed by atoms with Gasteiger partial charge in [-0.2, -0.15) is 5.10 Å². The summed E-state index contributed by atoms with van der Waals surface area (Å²) in [6.07, 6.45) is 1.23. The smallest absolute Gasteiger partial charge is 0.0847 e. The fraction of sp³-hybridized carbons (Fsp3) is 0.727. The number of halogens is 1. The second-order valence-electron chi connectivity index (χ2n) is 4.32. The van der Waals surface area contributed by atoms with E-state index in [4.69, 9.17) is 11.6 Å². The molecule has 0 aliphatic rings. The molecule has 0 bridgehead atoms. The second kappa shape index (κ2) is 5.17. The summed E-state index contributed by atoms with van der Waals surface area (Å²) in [4.78, 5) is 0. The lowest BCUT2D eigenvalue weighted by atomic mass is 9.82. The molecule has 0 aliphatic heterocycles.